The minimum atomic E-state index is -0.155. The first kappa shape index (κ1) is 15.1. The number of rotatable bonds is 3. The molecule has 1 atom stereocenters. The van der Waals surface area contributed by atoms with Crippen molar-refractivity contribution in [3.05, 3.63) is 69.4 Å². The summed E-state index contributed by atoms with van der Waals surface area (Å²) in [6.45, 7) is 0. The lowest BCUT2D eigenvalue weighted by atomic mass is 9.68. The van der Waals surface area contributed by atoms with Crippen LogP contribution in [0.4, 0.5) is 4.39 Å². The molecule has 1 aliphatic carbocycles. The Morgan fingerprint density at radius 1 is 1.19 bits per heavy atom. The first-order valence-electron chi connectivity index (χ1n) is 7.23. The molecule has 0 N–H and O–H groups in total. The van der Waals surface area contributed by atoms with E-state index in [4.69, 9.17) is 11.6 Å². The van der Waals surface area contributed by atoms with E-state index in [1.807, 2.05) is 6.07 Å². The van der Waals surface area contributed by atoms with E-state index in [-0.39, 0.29) is 11.2 Å². The number of hydrogen-bond acceptors (Lipinski definition) is 0. The summed E-state index contributed by atoms with van der Waals surface area (Å²) in [6, 6.07) is 13.6. The van der Waals surface area contributed by atoms with Crippen molar-refractivity contribution in [1.29, 1.82) is 0 Å². The maximum atomic E-state index is 14.1. The second kappa shape index (κ2) is 6.10. The standard InChI is InChI=1S/C18H17BrClF/c19-15-7-8-17(21)14(10-15)11-18(12-20)9-3-5-13-4-1-2-6-16(13)18/h1-2,4,6-8,10H,3,5,9,11-12H2. The lowest BCUT2D eigenvalue weighted by Crippen LogP contribution is -2.35. The van der Waals surface area contributed by atoms with E-state index in [2.05, 4.69) is 40.2 Å². The van der Waals surface area contributed by atoms with E-state index in [1.165, 1.54) is 17.2 Å². The summed E-state index contributed by atoms with van der Waals surface area (Å²) >= 11 is 9.81. The molecule has 1 aliphatic rings. The van der Waals surface area contributed by atoms with Crippen LogP contribution < -0.4 is 0 Å². The fraction of sp³-hybridized carbons (Fsp3) is 0.333. The average molecular weight is 368 g/mol. The zero-order chi connectivity index (χ0) is 14.9. The molecule has 0 heterocycles. The Labute approximate surface area is 138 Å². The van der Waals surface area contributed by atoms with Crippen molar-refractivity contribution >= 4 is 27.5 Å². The number of halogens is 3. The predicted molar refractivity (Wildman–Crippen MR) is 89.6 cm³/mol. The normalized spacial score (nSPS) is 21.1. The summed E-state index contributed by atoms with van der Waals surface area (Å²) in [7, 11) is 0. The van der Waals surface area contributed by atoms with E-state index in [0.29, 0.717) is 12.3 Å². The highest BCUT2D eigenvalue weighted by Gasteiger charge is 2.36. The van der Waals surface area contributed by atoms with Gasteiger partial charge in [-0.15, -0.1) is 11.6 Å². The van der Waals surface area contributed by atoms with Gasteiger partial charge in [0.25, 0.3) is 0 Å². The van der Waals surface area contributed by atoms with Crippen molar-refractivity contribution in [2.75, 3.05) is 5.88 Å². The molecule has 110 valence electrons. The number of alkyl halides is 1. The molecule has 0 nitrogen and oxygen atoms in total. The first-order chi connectivity index (χ1) is 10.1. The van der Waals surface area contributed by atoms with Crippen LogP contribution in [0, 0.1) is 5.82 Å². The maximum Gasteiger partial charge on any atom is 0.126 e. The van der Waals surface area contributed by atoms with Crippen LogP contribution in [-0.4, -0.2) is 5.88 Å². The molecular formula is C18H17BrClF. The molecule has 0 radical (unpaired) electrons. The van der Waals surface area contributed by atoms with Crippen molar-refractivity contribution < 1.29 is 4.39 Å². The van der Waals surface area contributed by atoms with E-state index in [9.17, 15) is 4.39 Å². The number of hydrogen-bond donors (Lipinski definition) is 0. The van der Waals surface area contributed by atoms with Crippen LogP contribution in [0.1, 0.15) is 29.5 Å². The van der Waals surface area contributed by atoms with E-state index in [1.54, 1.807) is 6.07 Å². The van der Waals surface area contributed by atoms with Crippen LogP contribution in [0.25, 0.3) is 0 Å². The molecule has 0 saturated carbocycles. The Morgan fingerprint density at radius 2 is 2.00 bits per heavy atom. The van der Waals surface area contributed by atoms with Crippen LogP contribution in [0.2, 0.25) is 0 Å². The van der Waals surface area contributed by atoms with Crippen molar-refractivity contribution in [3.63, 3.8) is 0 Å². The van der Waals surface area contributed by atoms with Gasteiger partial charge in [-0.05, 0) is 60.6 Å². The van der Waals surface area contributed by atoms with Gasteiger partial charge in [-0.2, -0.15) is 0 Å². The second-order valence-corrected chi connectivity index (χ2v) is 7.02. The quantitative estimate of drug-likeness (QED) is 0.615. The summed E-state index contributed by atoms with van der Waals surface area (Å²) < 4.78 is 15.1. The lowest BCUT2D eigenvalue weighted by molar-refractivity contribution is 0.390. The Balaban J connectivity index is 2.04. The molecule has 0 spiro atoms. The van der Waals surface area contributed by atoms with E-state index < -0.39 is 0 Å². The molecule has 0 bridgehead atoms. The summed E-state index contributed by atoms with van der Waals surface area (Å²) in [5.74, 6) is 0.376. The molecule has 2 aromatic rings. The topological polar surface area (TPSA) is 0 Å². The third kappa shape index (κ3) is 2.89. The highest BCUT2D eigenvalue weighted by molar-refractivity contribution is 9.10. The number of fused-ring (bicyclic) bond motifs is 1. The molecule has 0 aliphatic heterocycles. The monoisotopic (exact) mass is 366 g/mol. The molecule has 0 saturated heterocycles. The zero-order valence-electron chi connectivity index (χ0n) is 11.7. The van der Waals surface area contributed by atoms with Gasteiger partial charge in [-0.25, -0.2) is 4.39 Å². The van der Waals surface area contributed by atoms with Crippen LogP contribution in [0.3, 0.4) is 0 Å². The largest absolute Gasteiger partial charge is 0.207 e. The average Bonchev–Trinajstić information content (AvgIpc) is 2.51. The summed E-state index contributed by atoms with van der Waals surface area (Å²) in [4.78, 5) is 0. The minimum absolute atomic E-state index is 0.147. The summed E-state index contributed by atoms with van der Waals surface area (Å²) in [5.41, 5.74) is 3.24. The van der Waals surface area contributed by atoms with Gasteiger partial charge in [0.1, 0.15) is 5.82 Å². The smallest absolute Gasteiger partial charge is 0.126 e. The van der Waals surface area contributed by atoms with Gasteiger partial charge in [0, 0.05) is 15.8 Å². The molecule has 0 fully saturated rings. The molecule has 1 unspecified atom stereocenters. The van der Waals surface area contributed by atoms with Gasteiger partial charge >= 0.3 is 0 Å². The summed E-state index contributed by atoms with van der Waals surface area (Å²) in [6.07, 6.45) is 3.87. The third-order valence-electron chi connectivity index (χ3n) is 4.48. The second-order valence-electron chi connectivity index (χ2n) is 5.84. The van der Waals surface area contributed by atoms with Gasteiger partial charge in [0.15, 0.2) is 0 Å². The van der Waals surface area contributed by atoms with Crippen molar-refractivity contribution in [1.82, 2.24) is 0 Å². The lowest BCUT2D eigenvalue weighted by Gasteiger charge is -2.38. The van der Waals surface area contributed by atoms with Crippen molar-refractivity contribution in [2.45, 2.75) is 31.1 Å². The Morgan fingerprint density at radius 3 is 2.81 bits per heavy atom. The number of benzene rings is 2. The molecule has 21 heavy (non-hydrogen) atoms. The molecule has 3 rings (SSSR count). The third-order valence-corrected chi connectivity index (χ3v) is 5.49. The molecule has 2 aromatic carbocycles. The van der Waals surface area contributed by atoms with E-state index in [0.717, 1.165) is 29.3 Å². The van der Waals surface area contributed by atoms with Crippen LogP contribution in [-0.2, 0) is 18.3 Å². The summed E-state index contributed by atoms with van der Waals surface area (Å²) in [5, 5.41) is 0. The number of aryl methyl sites for hydroxylation is 1. The Bertz CT molecular complexity index is 655. The maximum absolute atomic E-state index is 14.1. The molecular weight excluding hydrogens is 351 g/mol. The fourth-order valence-electron chi connectivity index (χ4n) is 3.42. The van der Waals surface area contributed by atoms with Gasteiger partial charge < -0.3 is 0 Å². The van der Waals surface area contributed by atoms with Crippen LogP contribution in [0.15, 0.2) is 46.9 Å². The molecule has 3 heteroatoms. The van der Waals surface area contributed by atoms with Crippen molar-refractivity contribution in [3.8, 4) is 0 Å². The molecule has 0 amide bonds. The zero-order valence-corrected chi connectivity index (χ0v) is 14.1. The predicted octanol–water partition coefficient (Wildman–Crippen LogP) is 5.64. The van der Waals surface area contributed by atoms with Gasteiger partial charge in [-0.1, -0.05) is 40.2 Å². The fourth-order valence-corrected chi connectivity index (χ4v) is 4.20. The van der Waals surface area contributed by atoms with Crippen LogP contribution in [0.5, 0.6) is 0 Å². The van der Waals surface area contributed by atoms with Gasteiger partial charge in [0.2, 0.25) is 0 Å². The molecule has 0 aromatic heterocycles. The van der Waals surface area contributed by atoms with E-state index >= 15 is 0 Å². The SMILES string of the molecule is Fc1ccc(Br)cc1CC1(CCl)CCCc2ccccc21. The minimum Gasteiger partial charge on any atom is -0.207 e. The van der Waals surface area contributed by atoms with Crippen molar-refractivity contribution in [2.24, 2.45) is 0 Å². The van der Waals surface area contributed by atoms with Gasteiger partial charge in [-0.3, -0.25) is 0 Å². The van der Waals surface area contributed by atoms with Gasteiger partial charge in [0.05, 0.1) is 0 Å². The van der Waals surface area contributed by atoms with Crippen LogP contribution >= 0.6 is 27.5 Å². The Kier molecular flexibility index (Phi) is 4.37. The Hall–Kier alpha value is -0.860. The highest BCUT2D eigenvalue weighted by Crippen LogP contribution is 2.41. The first-order valence-corrected chi connectivity index (χ1v) is 8.56. The highest BCUT2D eigenvalue weighted by atomic mass is 79.9.